The van der Waals surface area contributed by atoms with E-state index in [1.54, 1.807) is 0 Å². The summed E-state index contributed by atoms with van der Waals surface area (Å²) in [5, 5.41) is 20.1. The maximum atomic E-state index is 10.3. The molecule has 2 heteroatoms. The lowest BCUT2D eigenvalue weighted by atomic mass is 9.76. The van der Waals surface area contributed by atoms with Gasteiger partial charge in [-0.15, -0.1) is 0 Å². The Morgan fingerprint density at radius 1 is 0.812 bits per heavy atom. The predicted molar refractivity (Wildman–Crippen MR) is 69.3 cm³/mol. The molecule has 0 aliphatic carbocycles. The van der Waals surface area contributed by atoms with Crippen LogP contribution in [0.15, 0.2) is 0 Å². The molecule has 0 aliphatic rings. The van der Waals surface area contributed by atoms with Crippen molar-refractivity contribution in [1.82, 2.24) is 0 Å². The predicted octanol–water partition coefficient (Wildman–Crippen LogP) is 3.22. The van der Waals surface area contributed by atoms with Gasteiger partial charge in [-0.1, -0.05) is 40.5 Å². The smallest absolute Gasteiger partial charge is 0.0594 e. The van der Waals surface area contributed by atoms with E-state index in [1.807, 2.05) is 6.92 Å². The number of hydrogen-bond donors (Lipinski definition) is 2. The van der Waals surface area contributed by atoms with E-state index in [9.17, 15) is 10.2 Å². The lowest BCUT2D eigenvalue weighted by molar-refractivity contribution is -0.0151. The Kier molecular flexibility index (Phi) is 8.04. The average molecular weight is 230 g/mol. The summed E-state index contributed by atoms with van der Waals surface area (Å²) >= 11 is 0. The zero-order valence-corrected chi connectivity index (χ0v) is 11.6. The van der Waals surface area contributed by atoms with Crippen molar-refractivity contribution in [2.75, 3.05) is 0 Å². The molecule has 0 amide bonds. The molecular weight excluding hydrogens is 200 g/mol. The van der Waals surface area contributed by atoms with Crippen molar-refractivity contribution in [3.05, 3.63) is 0 Å². The fourth-order valence-electron chi connectivity index (χ4n) is 2.61. The third-order valence-electron chi connectivity index (χ3n) is 3.54. The highest BCUT2D eigenvalue weighted by molar-refractivity contribution is 4.81. The Morgan fingerprint density at radius 3 is 1.56 bits per heavy atom. The van der Waals surface area contributed by atoms with Crippen LogP contribution in [0.25, 0.3) is 0 Å². The Bertz CT molecular complexity index is 166. The highest BCUT2D eigenvalue weighted by atomic mass is 16.3. The second-order valence-electron chi connectivity index (χ2n) is 5.38. The molecule has 4 unspecified atom stereocenters. The van der Waals surface area contributed by atoms with Crippen LogP contribution in [0.4, 0.5) is 0 Å². The topological polar surface area (TPSA) is 40.5 Å². The zero-order valence-electron chi connectivity index (χ0n) is 11.6. The summed E-state index contributed by atoms with van der Waals surface area (Å²) in [4.78, 5) is 0. The Hall–Kier alpha value is -0.0800. The molecule has 4 atom stereocenters. The van der Waals surface area contributed by atoms with Crippen LogP contribution in [0, 0.1) is 17.8 Å². The molecule has 0 spiro atoms. The van der Waals surface area contributed by atoms with Crippen molar-refractivity contribution in [2.24, 2.45) is 17.8 Å². The number of rotatable bonds is 8. The van der Waals surface area contributed by atoms with Gasteiger partial charge in [0.1, 0.15) is 0 Å². The van der Waals surface area contributed by atoms with Crippen molar-refractivity contribution in [3.8, 4) is 0 Å². The maximum Gasteiger partial charge on any atom is 0.0594 e. The minimum Gasteiger partial charge on any atom is -0.393 e. The van der Waals surface area contributed by atoms with Crippen molar-refractivity contribution >= 4 is 0 Å². The first-order valence-electron chi connectivity index (χ1n) is 6.81. The van der Waals surface area contributed by atoms with Gasteiger partial charge in [0.05, 0.1) is 12.2 Å². The van der Waals surface area contributed by atoms with Crippen LogP contribution in [0.1, 0.15) is 60.3 Å². The monoisotopic (exact) mass is 230 g/mol. The molecule has 2 N–H and O–H groups in total. The Balaban J connectivity index is 4.68. The second-order valence-corrected chi connectivity index (χ2v) is 5.38. The van der Waals surface area contributed by atoms with Gasteiger partial charge in [-0.05, 0) is 37.5 Å². The maximum absolute atomic E-state index is 10.3. The third-order valence-corrected chi connectivity index (χ3v) is 3.54. The van der Waals surface area contributed by atoms with Crippen molar-refractivity contribution < 1.29 is 10.2 Å². The van der Waals surface area contributed by atoms with E-state index in [2.05, 4.69) is 27.7 Å². The van der Waals surface area contributed by atoms with E-state index in [0.29, 0.717) is 0 Å². The molecule has 0 aromatic heterocycles. The summed E-state index contributed by atoms with van der Waals surface area (Å²) < 4.78 is 0. The molecule has 0 rings (SSSR count). The van der Waals surface area contributed by atoms with Crippen LogP contribution in [0.2, 0.25) is 0 Å². The van der Waals surface area contributed by atoms with E-state index in [1.165, 1.54) is 0 Å². The van der Waals surface area contributed by atoms with Crippen LogP contribution in [-0.2, 0) is 0 Å². The van der Waals surface area contributed by atoms with E-state index < -0.39 is 0 Å². The van der Waals surface area contributed by atoms with Gasteiger partial charge in [-0.25, -0.2) is 0 Å². The average Bonchev–Trinajstić information content (AvgIpc) is 2.21. The van der Waals surface area contributed by atoms with Crippen LogP contribution < -0.4 is 0 Å². The van der Waals surface area contributed by atoms with Crippen LogP contribution in [0.5, 0.6) is 0 Å². The first-order chi connectivity index (χ1) is 7.45. The van der Waals surface area contributed by atoms with Gasteiger partial charge in [-0.2, -0.15) is 0 Å². The Labute approximate surface area is 101 Å². The molecular formula is C14H30O2. The quantitative estimate of drug-likeness (QED) is 0.672. The molecule has 0 radical (unpaired) electrons. The minimum absolute atomic E-state index is 0.238. The molecule has 98 valence electrons. The highest BCUT2D eigenvalue weighted by Crippen LogP contribution is 2.31. The number of hydrogen-bond acceptors (Lipinski definition) is 2. The van der Waals surface area contributed by atoms with Crippen LogP contribution >= 0.6 is 0 Å². The summed E-state index contributed by atoms with van der Waals surface area (Å²) in [6.45, 7) is 10.2. The Morgan fingerprint density at radius 2 is 1.25 bits per heavy atom. The van der Waals surface area contributed by atoms with Crippen LogP contribution in [-0.4, -0.2) is 22.4 Å². The van der Waals surface area contributed by atoms with Crippen molar-refractivity contribution in [2.45, 2.75) is 72.5 Å². The SMILES string of the molecule is CCCC(C(C)O)C(CCC)C(O)C(C)C. The fourth-order valence-corrected chi connectivity index (χ4v) is 2.61. The van der Waals surface area contributed by atoms with E-state index in [0.717, 1.165) is 25.7 Å². The standard InChI is InChI=1S/C14H30O2/c1-6-8-12(11(5)15)13(9-7-2)14(16)10(3)4/h10-16H,6-9H2,1-5H3. The van der Waals surface area contributed by atoms with E-state index >= 15 is 0 Å². The lowest BCUT2D eigenvalue weighted by Gasteiger charge is -2.34. The van der Waals surface area contributed by atoms with E-state index in [-0.39, 0.29) is 30.0 Å². The van der Waals surface area contributed by atoms with Gasteiger partial charge in [-0.3, -0.25) is 0 Å². The second kappa shape index (κ2) is 8.08. The molecule has 16 heavy (non-hydrogen) atoms. The molecule has 0 aliphatic heterocycles. The van der Waals surface area contributed by atoms with Gasteiger partial charge < -0.3 is 10.2 Å². The number of aliphatic hydroxyl groups excluding tert-OH is 2. The highest BCUT2D eigenvalue weighted by Gasteiger charge is 2.31. The molecule has 0 saturated heterocycles. The third kappa shape index (κ3) is 4.84. The molecule has 0 saturated carbocycles. The first-order valence-corrected chi connectivity index (χ1v) is 6.81. The first kappa shape index (κ1) is 15.9. The molecule has 2 nitrogen and oxygen atoms in total. The molecule has 0 aromatic rings. The summed E-state index contributed by atoms with van der Waals surface area (Å²) in [6, 6.07) is 0. The lowest BCUT2D eigenvalue weighted by Crippen LogP contribution is -2.36. The normalized spacial score (nSPS) is 19.5. The largest absolute Gasteiger partial charge is 0.393 e. The minimum atomic E-state index is -0.315. The summed E-state index contributed by atoms with van der Waals surface area (Å²) in [6.07, 6.45) is 3.55. The number of aliphatic hydroxyl groups is 2. The van der Waals surface area contributed by atoms with Crippen LogP contribution in [0.3, 0.4) is 0 Å². The van der Waals surface area contributed by atoms with Crippen molar-refractivity contribution in [1.29, 1.82) is 0 Å². The molecule has 0 aromatic carbocycles. The van der Waals surface area contributed by atoms with Gasteiger partial charge in [0.2, 0.25) is 0 Å². The van der Waals surface area contributed by atoms with Gasteiger partial charge in [0, 0.05) is 0 Å². The van der Waals surface area contributed by atoms with Gasteiger partial charge in [0.15, 0.2) is 0 Å². The summed E-state index contributed by atoms with van der Waals surface area (Å²) in [7, 11) is 0. The van der Waals surface area contributed by atoms with Crippen molar-refractivity contribution in [3.63, 3.8) is 0 Å². The molecule has 0 bridgehead atoms. The fraction of sp³-hybridized carbons (Fsp3) is 1.00. The summed E-state index contributed by atoms with van der Waals surface area (Å²) in [5.74, 6) is 0.752. The van der Waals surface area contributed by atoms with Gasteiger partial charge >= 0.3 is 0 Å². The summed E-state index contributed by atoms with van der Waals surface area (Å²) in [5.41, 5.74) is 0. The molecule has 0 fully saturated rings. The zero-order chi connectivity index (χ0) is 12.7. The van der Waals surface area contributed by atoms with Gasteiger partial charge in [0.25, 0.3) is 0 Å². The molecule has 0 heterocycles. The van der Waals surface area contributed by atoms with E-state index in [4.69, 9.17) is 0 Å².